The van der Waals surface area contributed by atoms with Crippen LogP contribution in [0.5, 0.6) is 0 Å². The zero-order chi connectivity index (χ0) is 14.1. The number of carbonyl (C=O) groups is 1. The molecule has 0 heterocycles. The highest BCUT2D eigenvalue weighted by Crippen LogP contribution is 2.44. The van der Waals surface area contributed by atoms with Gasteiger partial charge < -0.3 is 5.32 Å². The van der Waals surface area contributed by atoms with Crippen LogP contribution in [-0.2, 0) is 4.79 Å². The third-order valence-corrected chi connectivity index (χ3v) is 5.88. The quantitative estimate of drug-likeness (QED) is 0.855. The number of hydrogen-bond donors (Lipinski definition) is 1. The van der Waals surface area contributed by atoms with Crippen molar-refractivity contribution in [3.05, 3.63) is 29.8 Å². The van der Waals surface area contributed by atoms with Crippen LogP contribution in [0, 0.1) is 18.8 Å². The van der Waals surface area contributed by atoms with Crippen LogP contribution < -0.4 is 5.32 Å². The first-order valence-electron chi connectivity index (χ1n) is 7.65. The van der Waals surface area contributed by atoms with Crippen molar-refractivity contribution in [2.24, 2.45) is 11.8 Å². The lowest BCUT2D eigenvalue weighted by atomic mass is 9.95. The third kappa shape index (κ3) is 3.03. The van der Waals surface area contributed by atoms with E-state index >= 15 is 0 Å². The van der Waals surface area contributed by atoms with Gasteiger partial charge in [0.15, 0.2) is 0 Å². The molecule has 2 fully saturated rings. The van der Waals surface area contributed by atoms with Crippen LogP contribution in [0.4, 0.5) is 0 Å². The van der Waals surface area contributed by atoms with Crippen molar-refractivity contribution in [3.63, 3.8) is 0 Å². The fourth-order valence-electron chi connectivity index (χ4n) is 3.60. The average Bonchev–Trinajstić information content (AvgIpc) is 3.03. The molecule has 108 valence electrons. The third-order valence-electron chi connectivity index (χ3n) is 4.77. The number of aryl methyl sites for hydroxylation is 1. The van der Waals surface area contributed by atoms with E-state index in [-0.39, 0.29) is 11.2 Å². The minimum absolute atomic E-state index is 0.0168. The number of nitrogens with one attached hydrogen (secondary N) is 1. The van der Waals surface area contributed by atoms with Gasteiger partial charge in [-0.05, 0) is 57.1 Å². The number of benzene rings is 1. The Morgan fingerprint density at radius 3 is 2.60 bits per heavy atom. The van der Waals surface area contributed by atoms with Crippen LogP contribution in [0.25, 0.3) is 0 Å². The van der Waals surface area contributed by atoms with Crippen molar-refractivity contribution in [3.8, 4) is 0 Å². The maximum absolute atomic E-state index is 12.3. The van der Waals surface area contributed by atoms with Gasteiger partial charge in [-0.2, -0.15) is 0 Å². The lowest BCUT2D eigenvalue weighted by Gasteiger charge is -2.24. The van der Waals surface area contributed by atoms with Crippen molar-refractivity contribution in [2.75, 3.05) is 0 Å². The van der Waals surface area contributed by atoms with Gasteiger partial charge in [-0.15, -0.1) is 11.8 Å². The van der Waals surface area contributed by atoms with Gasteiger partial charge in [0.05, 0.1) is 5.25 Å². The van der Waals surface area contributed by atoms with E-state index in [1.54, 1.807) is 11.8 Å². The van der Waals surface area contributed by atoms with Gasteiger partial charge in [-0.1, -0.05) is 24.1 Å². The van der Waals surface area contributed by atoms with Gasteiger partial charge in [-0.25, -0.2) is 0 Å². The first kappa shape index (κ1) is 14.0. The van der Waals surface area contributed by atoms with E-state index in [2.05, 4.69) is 36.5 Å². The zero-order valence-corrected chi connectivity index (χ0v) is 13.1. The van der Waals surface area contributed by atoms with Crippen LogP contribution in [0.15, 0.2) is 29.2 Å². The topological polar surface area (TPSA) is 29.1 Å². The minimum atomic E-state index is -0.0168. The van der Waals surface area contributed by atoms with Crippen LogP contribution >= 0.6 is 11.8 Å². The van der Waals surface area contributed by atoms with Crippen molar-refractivity contribution < 1.29 is 4.79 Å². The van der Waals surface area contributed by atoms with E-state index in [4.69, 9.17) is 0 Å². The molecule has 0 aromatic heterocycles. The molecule has 2 aliphatic rings. The summed E-state index contributed by atoms with van der Waals surface area (Å²) in [5, 5.41) is 3.27. The molecule has 3 heteroatoms. The summed E-state index contributed by atoms with van der Waals surface area (Å²) in [6.45, 7) is 4.09. The SMILES string of the molecule is Cc1ccc(SC(C)C(=O)N[C@@H]2C[C@H]3CC[C@@H]2C3)cc1. The van der Waals surface area contributed by atoms with Crippen molar-refractivity contribution in [1.29, 1.82) is 0 Å². The van der Waals surface area contributed by atoms with E-state index in [1.807, 2.05) is 6.92 Å². The first-order chi connectivity index (χ1) is 9.61. The molecule has 2 aliphatic carbocycles. The summed E-state index contributed by atoms with van der Waals surface area (Å²) in [4.78, 5) is 13.5. The maximum atomic E-state index is 12.3. The van der Waals surface area contributed by atoms with Gasteiger partial charge in [0.25, 0.3) is 0 Å². The van der Waals surface area contributed by atoms with Crippen LogP contribution in [0.1, 0.15) is 38.2 Å². The number of amides is 1. The molecule has 0 aliphatic heterocycles. The predicted octanol–water partition coefficient (Wildman–Crippen LogP) is 3.78. The molecule has 1 N–H and O–H groups in total. The number of fused-ring (bicyclic) bond motifs is 2. The average molecular weight is 289 g/mol. The summed E-state index contributed by atoms with van der Waals surface area (Å²) < 4.78 is 0. The Morgan fingerprint density at radius 2 is 2.00 bits per heavy atom. The molecule has 1 aromatic carbocycles. The zero-order valence-electron chi connectivity index (χ0n) is 12.3. The predicted molar refractivity (Wildman–Crippen MR) is 83.9 cm³/mol. The van der Waals surface area contributed by atoms with Gasteiger partial charge >= 0.3 is 0 Å². The summed E-state index contributed by atoms with van der Waals surface area (Å²) in [5.74, 6) is 1.83. The lowest BCUT2D eigenvalue weighted by Crippen LogP contribution is -2.42. The molecule has 4 atom stereocenters. The second-order valence-electron chi connectivity index (χ2n) is 6.36. The van der Waals surface area contributed by atoms with Gasteiger partial charge in [0.2, 0.25) is 5.91 Å². The molecule has 2 nitrogen and oxygen atoms in total. The largest absolute Gasteiger partial charge is 0.352 e. The molecular weight excluding hydrogens is 266 g/mol. The van der Waals surface area contributed by atoms with Crippen LogP contribution in [-0.4, -0.2) is 17.2 Å². The Labute approximate surface area is 125 Å². The Kier molecular flexibility index (Phi) is 4.06. The van der Waals surface area contributed by atoms with Gasteiger partial charge in [0, 0.05) is 10.9 Å². The Balaban J connectivity index is 1.53. The van der Waals surface area contributed by atoms with Crippen LogP contribution in [0.2, 0.25) is 0 Å². The summed E-state index contributed by atoms with van der Waals surface area (Å²) in [5.41, 5.74) is 1.26. The van der Waals surface area contributed by atoms with Crippen molar-refractivity contribution in [2.45, 2.75) is 55.7 Å². The molecule has 20 heavy (non-hydrogen) atoms. The fourth-order valence-corrected chi connectivity index (χ4v) is 4.47. The van der Waals surface area contributed by atoms with E-state index in [9.17, 15) is 4.79 Å². The molecule has 0 radical (unpaired) electrons. The second kappa shape index (κ2) is 5.80. The van der Waals surface area contributed by atoms with E-state index in [0.717, 1.165) is 11.8 Å². The smallest absolute Gasteiger partial charge is 0.233 e. The Bertz CT molecular complexity index is 484. The molecule has 2 saturated carbocycles. The minimum Gasteiger partial charge on any atom is -0.352 e. The fraction of sp³-hybridized carbons (Fsp3) is 0.588. The van der Waals surface area contributed by atoms with Gasteiger partial charge in [0.1, 0.15) is 0 Å². The first-order valence-corrected chi connectivity index (χ1v) is 8.53. The maximum Gasteiger partial charge on any atom is 0.233 e. The van der Waals surface area contributed by atoms with E-state index < -0.39 is 0 Å². The summed E-state index contributed by atoms with van der Waals surface area (Å²) >= 11 is 1.65. The number of hydrogen-bond acceptors (Lipinski definition) is 2. The Hall–Kier alpha value is -0.960. The monoisotopic (exact) mass is 289 g/mol. The number of thioether (sulfide) groups is 1. The molecule has 1 amide bonds. The molecule has 0 saturated heterocycles. The number of carbonyl (C=O) groups excluding carboxylic acids is 1. The van der Waals surface area contributed by atoms with Crippen molar-refractivity contribution >= 4 is 17.7 Å². The van der Waals surface area contributed by atoms with E-state index in [0.29, 0.717) is 6.04 Å². The van der Waals surface area contributed by atoms with Crippen LogP contribution in [0.3, 0.4) is 0 Å². The summed E-state index contributed by atoms with van der Waals surface area (Å²) in [6.07, 6.45) is 5.24. The Morgan fingerprint density at radius 1 is 1.25 bits per heavy atom. The molecule has 1 aromatic rings. The van der Waals surface area contributed by atoms with E-state index in [1.165, 1.54) is 36.1 Å². The number of rotatable bonds is 4. The lowest BCUT2D eigenvalue weighted by molar-refractivity contribution is -0.121. The highest BCUT2D eigenvalue weighted by molar-refractivity contribution is 8.00. The molecular formula is C17H23NOS. The standard InChI is InChI=1S/C17H23NOS/c1-11-3-7-15(8-4-11)20-12(2)17(19)18-16-10-13-5-6-14(16)9-13/h3-4,7-8,12-14,16H,5-6,9-10H2,1-2H3,(H,18,19)/t12?,13-,14+,16+/m0/s1. The van der Waals surface area contributed by atoms with Gasteiger partial charge in [-0.3, -0.25) is 4.79 Å². The summed E-state index contributed by atoms with van der Waals surface area (Å²) in [6, 6.07) is 8.84. The molecule has 2 bridgehead atoms. The normalized spacial score (nSPS) is 29.4. The van der Waals surface area contributed by atoms with Crippen molar-refractivity contribution in [1.82, 2.24) is 5.32 Å². The summed E-state index contributed by atoms with van der Waals surface area (Å²) in [7, 11) is 0. The molecule has 0 spiro atoms. The second-order valence-corrected chi connectivity index (χ2v) is 7.78. The molecule has 3 rings (SSSR count). The highest BCUT2D eigenvalue weighted by atomic mass is 32.2. The molecule has 1 unspecified atom stereocenters. The highest BCUT2D eigenvalue weighted by Gasteiger charge is 2.40.